The molecule has 0 atom stereocenters. The Labute approximate surface area is 143 Å². The molecule has 2 aromatic rings. The molecule has 2 aromatic carbocycles. The number of nitrogens with one attached hydrogen (secondary N) is 2. The first-order valence-electron chi connectivity index (χ1n) is 7.19. The van der Waals surface area contributed by atoms with Crippen LogP contribution in [0.1, 0.15) is 22.3 Å². The minimum absolute atomic E-state index is 0.0412. The van der Waals surface area contributed by atoms with Gasteiger partial charge in [0.1, 0.15) is 6.42 Å². The largest absolute Gasteiger partial charge is 0.504 e. The van der Waals surface area contributed by atoms with Gasteiger partial charge in [-0.05, 0) is 29.8 Å². The summed E-state index contributed by atoms with van der Waals surface area (Å²) in [5.41, 5.74) is 1.10. The predicted octanol–water partition coefficient (Wildman–Crippen LogP) is 1.59. The van der Waals surface area contributed by atoms with Gasteiger partial charge < -0.3 is 26.0 Å². The smallest absolute Gasteiger partial charge is 0.255 e. The quantitative estimate of drug-likeness (QED) is 0.523. The fourth-order valence-corrected chi connectivity index (χ4v) is 2.03. The molecule has 0 aliphatic heterocycles. The molecule has 0 aliphatic carbocycles. The standard InChI is InChI=1S/C17H15N3O5/c18-5-4-15(23)19-9-10-2-1-3-12(6-10)20-17(25)11-7-13(21)16(24)14(22)8-11/h1-3,6-8,21-22,24H,4,9H2,(H,19,23)(H,20,25). The van der Waals surface area contributed by atoms with Crippen LogP contribution >= 0.6 is 0 Å². The third-order valence-electron chi connectivity index (χ3n) is 3.25. The van der Waals surface area contributed by atoms with Crippen LogP contribution in [0.4, 0.5) is 5.69 Å². The number of nitrogens with zero attached hydrogens (tertiary/aromatic N) is 1. The monoisotopic (exact) mass is 341 g/mol. The molecule has 0 heterocycles. The second-order valence-corrected chi connectivity index (χ2v) is 5.13. The van der Waals surface area contributed by atoms with Gasteiger partial charge in [0, 0.05) is 17.8 Å². The minimum Gasteiger partial charge on any atom is -0.504 e. The van der Waals surface area contributed by atoms with Crippen LogP contribution < -0.4 is 10.6 Å². The average Bonchev–Trinajstić information content (AvgIpc) is 2.58. The molecule has 0 fully saturated rings. The predicted molar refractivity (Wildman–Crippen MR) is 87.9 cm³/mol. The highest BCUT2D eigenvalue weighted by Crippen LogP contribution is 2.35. The van der Waals surface area contributed by atoms with Crippen LogP contribution in [-0.2, 0) is 11.3 Å². The molecule has 0 aliphatic rings. The Morgan fingerprint density at radius 2 is 1.76 bits per heavy atom. The molecule has 0 radical (unpaired) electrons. The van der Waals surface area contributed by atoms with E-state index >= 15 is 0 Å². The van der Waals surface area contributed by atoms with Crippen LogP contribution in [0, 0.1) is 11.3 Å². The maximum Gasteiger partial charge on any atom is 0.255 e. The van der Waals surface area contributed by atoms with Crippen molar-refractivity contribution in [1.82, 2.24) is 5.32 Å². The van der Waals surface area contributed by atoms with Crippen molar-refractivity contribution in [3.05, 3.63) is 47.5 Å². The van der Waals surface area contributed by atoms with Gasteiger partial charge in [-0.15, -0.1) is 0 Å². The summed E-state index contributed by atoms with van der Waals surface area (Å²) in [5.74, 6) is -2.92. The van der Waals surface area contributed by atoms with E-state index in [-0.39, 0.29) is 18.5 Å². The molecule has 25 heavy (non-hydrogen) atoms. The molecule has 0 unspecified atom stereocenters. The Hall–Kier alpha value is -3.73. The highest BCUT2D eigenvalue weighted by atomic mass is 16.3. The van der Waals surface area contributed by atoms with Gasteiger partial charge in [-0.3, -0.25) is 9.59 Å². The number of benzene rings is 2. The fourth-order valence-electron chi connectivity index (χ4n) is 2.03. The summed E-state index contributed by atoms with van der Waals surface area (Å²) in [4.78, 5) is 23.5. The van der Waals surface area contributed by atoms with Crippen LogP contribution in [0.2, 0.25) is 0 Å². The number of rotatable bonds is 5. The molecule has 2 amide bonds. The molecule has 0 aromatic heterocycles. The molecule has 0 saturated carbocycles. The third kappa shape index (κ3) is 4.62. The van der Waals surface area contributed by atoms with Gasteiger partial charge >= 0.3 is 0 Å². The molecular formula is C17H15N3O5. The fraction of sp³-hybridized carbons (Fsp3) is 0.118. The Bertz CT molecular complexity index is 835. The highest BCUT2D eigenvalue weighted by molar-refractivity contribution is 6.05. The van der Waals surface area contributed by atoms with Gasteiger partial charge in [-0.2, -0.15) is 5.26 Å². The zero-order valence-electron chi connectivity index (χ0n) is 13.0. The van der Waals surface area contributed by atoms with E-state index in [4.69, 9.17) is 5.26 Å². The molecule has 5 N–H and O–H groups in total. The first kappa shape index (κ1) is 17.6. The summed E-state index contributed by atoms with van der Waals surface area (Å²) in [7, 11) is 0. The number of anilines is 1. The number of carbonyl (C=O) groups excluding carboxylic acids is 2. The Morgan fingerprint density at radius 1 is 1.08 bits per heavy atom. The van der Waals surface area contributed by atoms with Crippen LogP contribution in [0.3, 0.4) is 0 Å². The van der Waals surface area contributed by atoms with Gasteiger partial charge in [-0.1, -0.05) is 12.1 Å². The second kappa shape index (κ2) is 7.70. The van der Waals surface area contributed by atoms with Crippen molar-refractivity contribution >= 4 is 17.5 Å². The van der Waals surface area contributed by atoms with Gasteiger partial charge in [0.2, 0.25) is 5.91 Å². The second-order valence-electron chi connectivity index (χ2n) is 5.13. The van der Waals surface area contributed by atoms with Gasteiger partial charge in [0.15, 0.2) is 17.2 Å². The van der Waals surface area contributed by atoms with Crippen LogP contribution in [-0.4, -0.2) is 27.1 Å². The van der Waals surface area contributed by atoms with Crippen molar-refractivity contribution in [2.24, 2.45) is 0 Å². The molecule has 8 heteroatoms. The third-order valence-corrected chi connectivity index (χ3v) is 3.25. The lowest BCUT2D eigenvalue weighted by atomic mass is 10.1. The molecule has 128 valence electrons. The van der Waals surface area contributed by atoms with E-state index in [9.17, 15) is 24.9 Å². The van der Waals surface area contributed by atoms with Crippen LogP contribution in [0.15, 0.2) is 36.4 Å². The number of phenols is 3. The van der Waals surface area contributed by atoms with Crippen molar-refractivity contribution in [1.29, 1.82) is 5.26 Å². The lowest BCUT2D eigenvalue weighted by molar-refractivity contribution is -0.120. The zero-order chi connectivity index (χ0) is 18.4. The topological polar surface area (TPSA) is 143 Å². The van der Waals surface area contributed by atoms with E-state index in [2.05, 4.69) is 10.6 Å². The number of hydrogen-bond donors (Lipinski definition) is 5. The van der Waals surface area contributed by atoms with Gasteiger partial charge in [-0.25, -0.2) is 0 Å². The number of hydrogen-bond acceptors (Lipinski definition) is 6. The van der Waals surface area contributed by atoms with Crippen molar-refractivity contribution in [3.63, 3.8) is 0 Å². The number of aromatic hydroxyl groups is 3. The van der Waals surface area contributed by atoms with E-state index in [0.29, 0.717) is 11.3 Å². The lowest BCUT2D eigenvalue weighted by Crippen LogP contribution is -2.21. The average molecular weight is 341 g/mol. The lowest BCUT2D eigenvalue weighted by Gasteiger charge is -2.09. The molecular weight excluding hydrogens is 326 g/mol. The highest BCUT2D eigenvalue weighted by Gasteiger charge is 2.14. The molecule has 0 bridgehead atoms. The summed E-state index contributed by atoms with van der Waals surface area (Å²) in [6, 6.07) is 10.5. The SMILES string of the molecule is N#CCC(=O)NCc1cccc(NC(=O)c2cc(O)c(O)c(O)c2)c1. The Balaban J connectivity index is 2.08. The zero-order valence-corrected chi connectivity index (χ0v) is 13.0. The maximum absolute atomic E-state index is 12.2. The first-order valence-corrected chi connectivity index (χ1v) is 7.19. The van der Waals surface area contributed by atoms with Crippen molar-refractivity contribution in [3.8, 4) is 23.3 Å². The van der Waals surface area contributed by atoms with Gasteiger partial charge in [0.25, 0.3) is 5.91 Å². The number of nitriles is 1. The number of phenolic OH excluding ortho intramolecular Hbond substituents is 3. The number of amides is 2. The summed E-state index contributed by atoms with van der Waals surface area (Å²) in [6.45, 7) is 0.199. The summed E-state index contributed by atoms with van der Waals surface area (Å²) < 4.78 is 0. The van der Waals surface area contributed by atoms with Gasteiger partial charge in [0.05, 0.1) is 6.07 Å². The minimum atomic E-state index is -0.702. The molecule has 8 nitrogen and oxygen atoms in total. The Kier molecular flexibility index (Phi) is 5.43. The van der Waals surface area contributed by atoms with E-state index in [1.807, 2.05) is 0 Å². The molecule has 0 spiro atoms. The summed E-state index contributed by atoms with van der Waals surface area (Å²) in [5, 5.41) is 41.8. The van der Waals surface area contributed by atoms with E-state index < -0.39 is 29.1 Å². The normalized spacial score (nSPS) is 9.88. The van der Waals surface area contributed by atoms with Crippen molar-refractivity contribution in [2.45, 2.75) is 13.0 Å². The molecule has 0 saturated heterocycles. The summed E-state index contributed by atoms with van der Waals surface area (Å²) >= 11 is 0. The van der Waals surface area contributed by atoms with E-state index in [1.54, 1.807) is 30.3 Å². The maximum atomic E-state index is 12.2. The molecule has 2 rings (SSSR count). The van der Waals surface area contributed by atoms with E-state index in [1.165, 1.54) is 0 Å². The summed E-state index contributed by atoms with van der Waals surface area (Å²) in [6.07, 6.45) is -0.232. The first-order chi connectivity index (χ1) is 11.9. The Morgan fingerprint density at radius 3 is 2.40 bits per heavy atom. The van der Waals surface area contributed by atoms with E-state index in [0.717, 1.165) is 12.1 Å². The van der Waals surface area contributed by atoms with Crippen LogP contribution in [0.5, 0.6) is 17.2 Å². The number of carbonyl (C=O) groups is 2. The van der Waals surface area contributed by atoms with Crippen molar-refractivity contribution in [2.75, 3.05) is 5.32 Å². The van der Waals surface area contributed by atoms with Crippen LogP contribution in [0.25, 0.3) is 0 Å². The van der Waals surface area contributed by atoms with Crippen molar-refractivity contribution < 1.29 is 24.9 Å².